The fourth-order valence-electron chi connectivity index (χ4n) is 1.53. The number of carbonyl (C=O) groups excluding carboxylic acids is 1. The number of rotatable bonds is 2. The first-order valence-corrected chi connectivity index (χ1v) is 5.00. The predicted molar refractivity (Wildman–Crippen MR) is 57.1 cm³/mol. The van der Waals surface area contributed by atoms with Crippen molar-refractivity contribution in [1.29, 1.82) is 0 Å². The molecule has 1 aliphatic rings. The third-order valence-corrected chi connectivity index (χ3v) is 2.42. The van der Waals surface area contributed by atoms with Crippen LogP contribution < -0.4 is 10.8 Å². The van der Waals surface area contributed by atoms with Gasteiger partial charge in [-0.1, -0.05) is 12.1 Å². The van der Waals surface area contributed by atoms with Crippen LogP contribution in [0.5, 0.6) is 0 Å². The van der Waals surface area contributed by atoms with Crippen LogP contribution in [0.25, 0.3) is 0 Å². The molecule has 1 saturated heterocycles. The Morgan fingerprint density at radius 2 is 2.07 bits per heavy atom. The first-order valence-electron chi connectivity index (χ1n) is 5.00. The van der Waals surface area contributed by atoms with Crippen molar-refractivity contribution in [1.82, 2.24) is 0 Å². The topological polar surface area (TPSA) is 55.6 Å². The summed E-state index contributed by atoms with van der Waals surface area (Å²) in [5.41, 5.74) is 7.55. The van der Waals surface area contributed by atoms with E-state index < -0.39 is 0 Å². The van der Waals surface area contributed by atoms with E-state index in [9.17, 15) is 4.79 Å². The zero-order valence-electron chi connectivity index (χ0n) is 8.64. The number of hydrogen-bond donors (Lipinski definition) is 1. The summed E-state index contributed by atoms with van der Waals surface area (Å²) in [5, 5.41) is 1.34. The van der Waals surface area contributed by atoms with Crippen LogP contribution in [-0.2, 0) is 9.63 Å². The summed E-state index contributed by atoms with van der Waals surface area (Å²) in [5.74, 6) is 0.00328. The molecular weight excluding hydrogens is 192 g/mol. The second-order valence-electron chi connectivity index (χ2n) is 3.65. The number of nitrogens with two attached hydrogens (primary N) is 1. The van der Waals surface area contributed by atoms with Gasteiger partial charge in [-0.3, -0.25) is 9.63 Å². The van der Waals surface area contributed by atoms with Crippen molar-refractivity contribution in [2.24, 2.45) is 5.73 Å². The summed E-state index contributed by atoms with van der Waals surface area (Å²) in [7, 11) is 0. The van der Waals surface area contributed by atoms with Crippen molar-refractivity contribution in [2.45, 2.75) is 19.4 Å². The summed E-state index contributed by atoms with van der Waals surface area (Å²) in [6.45, 7) is 2.39. The third-order valence-electron chi connectivity index (χ3n) is 2.42. The molecule has 0 saturated carbocycles. The summed E-state index contributed by atoms with van der Waals surface area (Å²) < 4.78 is 0. The van der Waals surface area contributed by atoms with Gasteiger partial charge >= 0.3 is 0 Å². The Labute approximate surface area is 88.6 Å². The smallest absolute Gasteiger partial charge is 0.253 e. The molecule has 80 valence electrons. The molecule has 1 amide bonds. The van der Waals surface area contributed by atoms with Crippen molar-refractivity contribution in [3.05, 3.63) is 29.8 Å². The highest BCUT2D eigenvalue weighted by Crippen LogP contribution is 2.21. The van der Waals surface area contributed by atoms with Crippen LogP contribution >= 0.6 is 0 Å². The minimum atomic E-state index is 0.00328. The minimum absolute atomic E-state index is 0.00328. The Morgan fingerprint density at radius 3 is 2.53 bits per heavy atom. The third kappa shape index (κ3) is 2.00. The molecule has 1 atom stereocenters. The maximum atomic E-state index is 11.4. The van der Waals surface area contributed by atoms with E-state index in [0.29, 0.717) is 13.0 Å². The summed E-state index contributed by atoms with van der Waals surface area (Å²) in [6.07, 6.45) is 0.453. The molecule has 15 heavy (non-hydrogen) atoms. The number of benzene rings is 1. The molecule has 1 fully saturated rings. The van der Waals surface area contributed by atoms with E-state index in [-0.39, 0.29) is 11.9 Å². The molecule has 2 N–H and O–H groups in total. The van der Waals surface area contributed by atoms with Crippen LogP contribution in [0, 0.1) is 0 Å². The van der Waals surface area contributed by atoms with Gasteiger partial charge in [-0.05, 0) is 24.6 Å². The minimum Gasteiger partial charge on any atom is -0.324 e. The number of amides is 1. The highest BCUT2D eigenvalue weighted by molar-refractivity contribution is 5.92. The average Bonchev–Trinajstić information content (AvgIpc) is 2.65. The summed E-state index contributed by atoms with van der Waals surface area (Å²) in [6, 6.07) is 7.53. The lowest BCUT2D eigenvalue weighted by Crippen LogP contribution is -2.22. The van der Waals surface area contributed by atoms with E-state index in [1.54, 1.807) is 0 Å². The monoisotopic (exact) mass is 206 g/mol. The zero-order valence-corrected chi connectivity index (χ0v) is 8.64. The predicted octanol–water partition coefficient (Wildman–Crippen LogP) is 1.37. The van der Waals surface area contributed by atoms with Gasteiger partial charge in [-0.25, -0.2) is 0 Å². The maximum absolute atomic E-state index is 11.4. The quantitative estimate of drug-likeness (QED) is 0.795. The van der Waals surface area contributed by atoms with Crippen LogP contribution in [0.15, 0.2) is 24.3 Å². The van der Waals surface area contributed by atoms with E-state index in [1.807, 2.05) is 31.2 Å². The van der Waals surface area contributed by atoms with Crippen molar-refractivity contribution in [3.8, 4) is 0 Å². The Kier molecular flexibility index (Phi) is 2.70. The molecule has 0 aromatic heterocycles. The maximum Gasteiger partial charge on any atom is 0.253 e. The lowest BCUT2D eigenvalue weighted by atomic mass is 10.1. The highest BCUT2D eigenvalue weighted by Gasteiger charge is 2.23. The normalized spacial score (nSPS) is 18.3. The van der Waals surface area contributed by atoms with Crippen molar-refractivity contribution >= 4 is 11.6 Å². The molecule has 0 radical (unpaired) electrons. The van der Waals surface area contributed by atoms with Crippen molar-refractivity contribution in [2.75, 3.05) is 11.7 Å². The average molecular weight is 206 g/mol. The van der Waals surface area contributed by atoms with Gasteiger partial charge < -0.3 is 5.73 Å². The molecule has 4 heteroatoms. The first kappa shape index (κ1) is 10.1. The lowest BCUT2D eigenvalue weighted by Gasteiger charge is -2.14. The molecule has 2 rings (SSSR count). The molecule has 1 unspecified atom stereocenters. The van der Waals surface area contributed by atoms with Gasteiger partial charge in [0.25, 0.3) is 5.91 Å². The SMILES string of the molecule is CC(N)c1ccc(N2OCCC2=O)cc1. The van der Waals surface area contributed by atoms with Crippen LogP contribution in [0.2, 0.25) is 0 Å². The number of hydrogen-bond acceptors (Lipinski definition) is 3. The second kappa shape index (κ2) is 4.00. The van der Waals surface area contributed by atoms with E-state index in [4.69, 9.17) is 10.6 Å². The van der Waals surface area contributed by atoms with Gasteiger partial charge in [0, 0.05) is 6.04 Å². The largest absolute Gasteiger partial charge is 0.324 e. The van der Waals surface area contributed by atoms with Gasteiger partial charge in [-0.15, -0.1) is 0 Å². The van der Waals surface area contributed by atoms with Crippen LogP contribution in [0.3, 0.4) is 0 Å². The lowest BCUT2D eigenvalue weighted by molar-refractivity contribution is -0.119. The molecule has 0 bridgehead atoms. The number of anilines is 1. The van der Waals surface area contributed by atoms with E-state index in [2.05, 4.69) is 0 Å². The standard InChI is InChI=1S/C11H14N2O2/c1-8(12)9-2-4-10(5-3-9)13-11(14)6-7-15-13/h2-5,8H,6-7,12H2,1H3. The number of nitrogens with zero attached hydrogens (tertiary/aromatic N) is 1. The summed E-state index contributed by atoms with van der Waals surface area (Å²) >= 11 is 0. The van der Waals surface area contributed by atoms with Gasteiger partial charge in [0.1, 0.15) is 0 Å². The molecule has 0 spiro atoms. The van der Waals surface area contributed by atoms with Gasteiger partial charge in [-0.2, -0.15) is 5.06 Å². The Balaban J connectivity index is 2.19. The molecule has 1 heterocycles. The Hall–Kier alpha value is -1.39. The highest BCUT2D eigenvalue weighted by atomic mass is 16.7. The van der Waals surface area contributed by atoms with Gasteiger partial charge in [0.05, 0.1) is 18.7 Å². The van der Waals surface area contributed by atoms with Crippen molar-refractivity contribution < 1.29 is 9.63 Å². The second-order valence-corrected chi connectivity index (χ2v) is 3.65. The van der Waals surface area contributed by atoms with Crippen LogP contribution in [0.1, 0.15) is 24.9 Å². The van der Waals surface area contributed by atoms with Crippen molar-refractivity contribution in [3.63, 3.8) is 0 Å². The van der Waals surface area contributed by atoms with Gasteiger partial charge in [0.15, 0.2) is 0 Å². The molecule has 0 aliphatic carbocycles. The van der Waals surface area contributed by atoms with Crippen LogP contribution in [-0.4, -0.2) is 12.5 Å². The number of carbonyl (C=O) groups is 1. The molecular formula is C11H14N2O2. The van der Waals surface area contributed by atoms with E-state index in [0.717, 1.165) is 11.3 Å². The zero-order chi connectivity index (χ0) is 10.8. The van der Waals surface area contributed by atoms with E-state index in [1.165, 1.54) is 5.06 Å². The van der Waals surface area contributed by atoms with Gasteiger partial charge in [0.2, 0.25) is 0 Å². The molecule has 1 aliphatic heterocycles. The van der Waals surface area contributed by atoms with Crippen LogP contribution in [0.4, 0.5) is 5.69 Å². The number of hydroxylamine groups is 1. The molecule has 1 aromatic carbocycles. The fourth-order valence-corrected chi connectivity index (χ4v) is 1.53. The molecule has 1 aromatic rings. The molecule has 4 nitrogen and oxygen atoms in total. The summed E-state index contributed by atoms with van der Waals surface area (Å²) in [4.78, 5) is 16.6. The fraction of sp³-hybridized carbons (Fsp3) is 0.364. The first-order chi connectivity index (χ1) is 7.18. The Morgan fingerprint density at radius 1 is 1.40 bits per heavy atom. The Bertz CT molecular complexity index is 359. The van der Waals surface area contributed by atoms with E-state index >= 15 is 0 Å².